The van der Waals surface area contributed by atoms with Crippen LogP contribution in [-0.2, 0) is 4.79 Å². The number of anilines is 2. The Morgan fingerprint density at radius 1 is 0.761 bits per heavy atom. The molecule has 0 bridgehead atoms. The molecule has 0 aliphatic carbocycles. The summed E-state index contributed by atoms with van der Waals surface area (Å²) in [4.78, 5) is 43.1. The predicted molar refractivity (Wildman–Crippen MR) is 176 cm³/mol. The van der Waals surface area contributed by atoms with Crippen LogP contribution >= 0.6 is 0 Å². The van der Waals surface area contributed by atoms with E-state index in [1.54, 1.807) is 59.5 Å². The molecule has 0 radical (unpaired) electrons. The molecule has 6 rings (SSSR count). The summed E-state index contributed by atoms with van der Waals surface area (Å²) in [5.74, 6) is -4.54. The van der Waals surface area contributed by atoms with Crippen LogP contribution in [0.25, 0.3) is 16.7 Å². The number of rotatable bonds is 5. The van der Waals surface area contributed by atoms with Gasteiger partial charge < -0.3 is 20.4 Å². The van der Waals surface area contributed by atoms with Crippen LogP contribution in [0.3, 0.4) is 0 Å². The summed E-state index contributed by atoms with van der Waals surface area (Å²) in [5.41, 5.74) is 3.07. The standard InChI is InChI=1S/C37H34F2N4O3/c38-37(39)19-23-43(33-14-7-6-13-31(33)32(37)25-34(44)42-22-8-20-40-21-24-42)36(46)27-15-17-28(18-16-27)41-35(45)30-12-5-4-11-29(30)26-9-2-1-3-10-26/h1-7,9-18,25,40H,8,19-24H2,(H,41,45)/b32-25+. The van der Waals surface area contributed by atoms with Crippen LogP contribution in [0.15, 0.2) is 109 Å². The van der Waals surface area contributed by atoms with Gasteiger partial charge in [-0.25, -0.2) is 8.78 Å². The Morgan fingerprint density at radius 2 is 1.46 bits per heavy atom. The van der Waals surface area contributed by atoms with Crippen LogP contribution in [0.2, 0.25) is 0 Å². The van der Waals surface area contributed by atoms with Gasteiger partial charge >= 0.3 is 0 Å². The number of carbonyl (C=O) groups excluding carboxylic acids is 3. The number of alkyl halides is 2. The maximum Gasteiger partial charge on any atom is 0.275 e. The average molecular weight is 621 g/mol. The zero-order chi connectivity index (χ0) is 32.1. The molecular formula is C37H34F2N4O3. The van der Waals surface area contributed by atoms with E-state index >= 15 is 8.78 Å². The molecule has 1 saturated heterocycles. The molecule has 0 aromatic heterocycles. The van der Waals surface area contributed by atoms with E-state index in [1.165, 1.54) is 11.0 Å². The Hall–Kier alpha value is -5.15. The maximum absolute atomic E-state index is 15.7. The number of benzene rings is 4. The molecule has 234 valence electrons. The minimum absolute atomic E-state index is 0.153. The molecule has 0 spiro atoms. The van der Waals surface area contributed by atoms with Gasteiger partial charge in [-0.2, -0.15) is 0 Å². The highest BCUT2D eigenvalue weighted by molar-refractivity contribution is 6.11. The number of hydrogen-bond donors (Lipinski definition) is 2. The number of amides is 3. The number of hydrogen-bond acceptors (Lipinski definition) is 4. The summed E-state index contributed by atoms with van der Waals surface area (Å²) >= 11 is 0. The number of carbonyl (C=O) groups is 3. The first kappa shape index (κ1) is 30.9. The van der Waals surface area contributed by atoms with Gasteiger partial charge in [-0.15, -0.1) is 0 Å². The summed E-state index contributed by atoms with van der Waals surface area (Å²) in [5, 5.41) is 6.11. The van der Waals surface area contributed by atoms with Crippen LogP contribution < -0.4 is 15.5 Å². The van der Waals surface area contributed by atoms with Crippen molar-refractivity contribution in [1.29, 1.82) is 0 Å². The van der Waals surface area contributed by atoms with E-state index in [9.17, 15) is 14.4 Å². The van der Waals surface area contributed by atoms with Crippen molar-refractivity contribution in [2.24, 2.45) is 0 Å². The first-order valence-electron chi connectivity index (χ1n) is 15.4. The van der Waals surface area contributed by atoms with Crippen molar-refractivity contribution in [2.75, 3.05) is 42.9 Å². The van der Waals surface area contributed by atoms with Gasteiger partial charge in [-0.1, -0.05) is 66.7 Å². The van der Waals surface area contributed by atoms with Gasteiger partial charge in [-0.3, -0.25) is 14.4 Å². The summed E-state index contributed by atoms with van der Waals surface area (Å²) in [6.45, 7) is 2.07. The number of allylic oxidation sites excluding steroid dienone is 1. The highest BCUT2D eigenvalue weighted by Gasteiger charge is 2.41. The summed E-state index contributed by atoms with van der Waals surface area (Å²) in [6.07, 6.45) is 1.15. The van der Waals surface area contributed by atoms with Gasteiger partial charge in [-0.05, 0) is 60.5 Å². The molecule has 2 aliphatic rings. The molecule has 3 amide bonds. The minimum Gasteiger partial charge on any atom is -0.338 e. The molecule has 0 saturated carbocycles. The molecule has 0 unspecified atom stereocenters. The molecule has 7 nitrogen and oxygen atoms in total. The zero-order valence-electron chi connectivity index (χ0n) is 25.2. The fourth-order valence-electron chi connectivity index (χ4n) is 5.92. The van der Waals surface area contributed by atoms with E-state index in [1.807, 2.05) is 42.5 Å². The van der Waals surface area contributed by atoms with Crippen LogP contribution in [0.5, 0.6) is 0 Å². The number of fused-ring (bicyclic) bond motifs is 1. The summed E-state index contributed by atoms with van der Waals surface area (Å²) < 4.78 is 31.4. The second kappa shape index (κ2) is 13.5. The van der Waals surface area contributed by atoms with E-state index in [2.05, 4.69) is 10.6 Å². The van der Waals surface area contributed by atoms with Gasteiger partial charge in [0.25, 0.3) is 17.7 Å². The van der Waals surface area contributed by atoms with E-state index < -0.39 is 24.2 Å². The quantitative estimate of drug-likeness (QED) is 0.250. The monoisotopic (exact) mass is 620 g/mol. The summed E-state index contributed by atoms with van der Waals surface area (Å²) in [6, 6.07) is 29.8. The molecule has 2 aliphatic heterocycles. The third-order valence-corrected chi connectivity index (χ3v) is 8.34. The molecule has 0 atom stereocenters. The lowest BCUT2D eigenvalue weighted by Gasteiger charge is -2.23. The van der Waals surface area contributed by atoms with Crippen LogP contribution in [0, 0.1) is 0 Å². The van der Waals surface area contributed by atoms with Crippen molar-refractivity contribution in [1.82, 2.24) is 10.2 Å². The Kier molecular flexibility index (Phi) is 9.03. The van der Waals surface area contributed by atoms with Crippen molar-refractivity contribution < 1.29 is 23.2 Å². The van der Waals surface area contributed by atoms with Crippen LogP contribution in [0.4, 0.5) is 20.2 Å². The van der Waals surface area contributed by atoms with Gasteiger partial charge in [0, 0.05) is 66.6 Å². The molecule has 4 aromatic carbocycles. The molecule has 4 aromatic rings. The third-order valence-electron chi connectivity index (χ3n) is 8.34. The van der Waals surface area contributed by atoms with E-state index in [4.69, 9.17) is 0 Å². The first-order valence-corrected chi connectivity index (χ1v) is 15.4. The van der Waals surface area contributed by atoms with Gasteiger partial charge in [0.05, 0.1) is 5.69 Å². The number of nitrogens with zero attached hydrogens (tertiary/aromatic N) is 2. The van der Waals surface area contributed by atoms with Crippen molar-refractivity contribution in [3.63, 3.8) is 0 Å². The molecule has 46 heavy (non-hydrogen) atoms. The molecule has 2 heterocycles. The summed E-state index contributed by atoms with van der Waals surface area (Å²) in [7, 11) is 0. The molecular weight excluding hydrogens is 586 g/mol. The fraction of sp³-hybridized carbons (Fsp3) is 0.216. The lowest BCUT2D eigenvalue weighted by atomic mass is 9.96. The van der Waals surface area contributed by atoms with Crippen LogP contribution in [0.1, 0.15) is 39.1 Å². The predicted octanol–water partition coefficient (Wildman–Crippen LogP) is 6.50. The van der Waals surface area contributed by atoms with Crippen molar-refractivity contribution in [2.45, 2.75) is 18.8 Å². The highest BCUT2D eigenvalue weighted by atomic mass is 19.3. The minimum atomic E-state index is -3.32. The number of halogens is 2. The lowest BCUT2D eigenvalue weighted by molar-refractivity contribution is -0.125. The lowest BCUT2D eigenvalue weighted by Crippen LogP contribution is -2.34. The maximum atomic E-state index is 15.7. The van der Waals surface area contributed by atoms with E-state index in [-0.39, 0.29) is 29.2 Å². The van der Waals surface area contributed by atoms with Gasteiger partial charge in [0.1, 0.15) is 0 Å². The Bertz CT molecular complexity index is 1770. The topological polar surface area (TPSA) is 81.8 Å². The van der Waals surface area contributed by atoms with Gasteiger partial charge in [0.2, 0.25) is 5.91 Å². The fourth-order valence-corrected chi connectivity index (χ4v) is 5.92. The van der Waals surface area contributed by atoms with E-state index in [0.717, 1.165) is 30.2 Å². The SMILES string of the molecule is O=C(Nc1ccc(C(=O)N2CCC(F)(F)/C(=C/C(=O)N3CCCNCC3)c3ccccc32)cc1)c1ccccc1-c1ccccc1. The zero-order valence-corrected chi connectivity index (χ0v) is 25.2. The van der Waals surface area contributed by atoms with E-state index in [0.29, 0.717) is 36.6 Å². The largest absolute Gasteiger partial charge is 0.338 e. The Morgan fingerprint density at radius 3 is 2.24 bits per heavy atom. The second-order valence-electron chi connectivity index (χ2n) is 11.4. The smallest absolute Gasteiger partial charge is 0.275 e. The van der Waals surface area contributed by atoms with Crippen LogP contribution in [-0.4, -0.2) is 61.3 Å². The van der Waals surface area contributed by atoms with Gasteiger partial charge in [0.15, 0.2) is 0 Å². The molecule has 9 heteroatoms. The number of para-hydroxylation sites is 1. The number of nitrogens with one attached hydrogen (secondary N) is 2. The van der Waals surface area contributed by atoms with Crippen molar-refractivity contribution in [3.8, 4) is 11.1 Å². The molecule has 1 fully saturated rings. The Balaban J connectivity index is 1.23. The first-order chi connectivity index (χ1) is 22.3. The molecule has 2 N–H and O–H groups in total. The Labute approximate surface area is 266 Å². The van der Waals surface area contributed by atoms with Crippen molar-refractivity contribution in [3.05, 3.63) is 126 Å². The normalized spacial score (nSPS) is 17.0. The average Bonchev–Trinajstić information content (AvgIpc) is 3.43. The van der Waals surface area contributed by atoms with Crippen molar-refractivity contribution >= 4 is 34.7 Å². The second-order valence-corrected chi connectivity index (χ2v) is 11.4. The third kappa shape index (κ3) is 6.60. The highest BCUT2D eigenvalue weighted by Crippen LogP contribution is 2.43.